The summed E-state index contributed by atoms with van der Waals surface area (Å²) in [4.78, 5) is 18.6. The van der Waals surface area contributed by atoms with Crippen molar-refractivity contribution in [2.45, 2.75) is 32.2 Å². The normalized spacial score (nSPS) is 17.8. The smallest absolute Gasteiger partial charge is 0.258 e. The van der Waals surface area contributed by atoms with Crippen molar-refractivity contribution in [3.8, 4) is 0 Å². The number of nitrogens with one attached hydrogen (secondary N) is 1. The van der Waals surface area contributed by atoms with E-state index in [9.17, 15) is 4.79 Å². The van der Waals surface area contributed by atoms with E-state index in [-0.39, 0.29) is 11.1 Å². The quantitative estimate of drug-likeness (QED) is 0.851. The molecule has 23 heavy (non-hydrogen) atoms. The molecule has 1 aromatic carbocycles. The van der Waals surface area contributed by atoms with Crippen molar-refractivity contribution in [2.24, 2.45) is 0 Å². The molecule has 0 aliphatic carbocycles. The zero-order valence-corrected chi connectivity index (χ0v) is 13.9. The second-order valence-electron chi connectivity index (χ2n) is 5.88. The number of amides is 1. The van der Waals surface area contributed by atoms with Crippen molar-refractivity contribution in [3.63, 3.8) is 0 Å². The molecule has 0 bridgehead atoms. The van der Waals surface area contributed by atoms with Gasteiger partial charge in [0.25, 0.3) is 5.91 Å². The van der Waals surface area contributed by atoms with Crippen LogP contribution in [0.2, 0.25) is 5.15 Å². The van der Waals surface area contributed by atoms with E-state index in [4.69, 9.17) is 11.6 Å². The molecule has 1 aromatic heterocycles. The maximum atomic E-state index is 12.2. The highest BCUT2D eigenvalue weighted by molar-refractivity contribution is 6.33. The molecule has 1 fully saturated rings. The third-order valence-corrected chi connectivity index (χ3v) is 4.56. The Morgan fingerprint density at radius 3 is 2.74 bits per heavy atom. The summed E-state index contributed by atoms with van der Waals surface area (Å²) in [5.74, 6) is -0.248. The fourth-order valence-corrected chi connectivity index (χ4v) is 3.18. The Labute approximate surface area is 141 Å². The number of pyridine rings is 1. The number of carbonyl (C=O) groups is 1. The predicted octanol–water partition coefficient (Wildman–Crippen LogP) is 4.37. The van der Waals surface area contributed by atoms with Crippen LogP contribution in [0.3, 0.4) is 0 Å². The van der Waals surface area contributed by atoms with Gasteiger partial charge in [0.05, 0.1) is 5.56 Å². The topological polar surface area (TPSA) is 45.2 Å². The van der Waals surface area contributed by atoms with E-state index in [1.165, 1.54) is 24.9 Å². The SMILES string of the molecule is C[C@@H]1CCCCN1c1ccc(NC(=O)c2cccnc2Cl)cc1. The number of hydrogen-bond donors (Lipinski definition) is 1. The van der Waals surface area contributed by atoms with Gasteiger partial charge in [0.2, 0.25) is 0 Å². The minimum absolute atomic E-state index is 0.212. The summed E-state index contributed by atoms with van der Waals surface area (Å²) in [5.41, 5.74) is 2.33. The van der Waals surface area contributed by atoms with Gasteiger partial charge in [-0.15, -0.1) is 0 Å². The lowest BCUT2D eigenvalue weighted by molar-refractivity contribution is 0.102. The molecule has 2 aromatic rings. The third kappa shape index (κ3) is 3.64. The molecule has 1 aliphatic heterocycles. The van der Waals surface area contributed by atoms with Crippen LogP contribution in [0.15, 0.2) is 42.6 Å². The molecule has 5 heteroatoms. The van der Waals surface area contributed by atoms with Gasteiger partial charge in [0.15, 0.2) is 0 Å². The van der Waals surface area contributed by atoms with Crippen LogP contribution in [-0.2, 0) is 0 Å². The van der Waals surface area contributed by atoms with E-state index in [0.29, 0.717) is 11.6 Å². The monoisotopic (exact) mass is 329 g/mol. The van der Waals surface area contributed by atoms with E-state index in [1.807, 2.05) is 12.1 Å². The average molecular weight is 330 g/mol. The Kier molecular flexibility index (Phi) is 4.82. The number of carbonyl (C=O) groups excluding carboxylic acids is 1. The number of aromatic nitrogens is 1. The summed E-state index contributed by atoms with van der Waals surface area (Å²) < 4.78 is 0. The highest BCUT2D eigenvalue weighted by Crippen LogP contribution is 2.26. The highest BCUT2D eigenvalue weighted by Gasteiger charge is 2.18. The average Bonchev–Trinajstić information content (AvgIpc) is 2.56. The minimum atomic E-state index is -0.248. The first-order valence-electron chi connectivity index (χ1n) is 7.94. The molecule has 3 rings (SSSR count). The lowest BCUT2D eigenvalue weighted by Gasteiger charge is -2.35. The zero-order chi connectivity index (χ0) is 16.2. The summed E-state index contributed by atoms with van der Waals surface area (Å²) in [7, 11) is 0. The van der Waals surface area contributed by atoms with E-state index >= 15 is 0 Å². The van der Waals surface area contributed by atoms with Gasteiger partial charge in [-0.2, -0.15) is 0 Å². The fourth-order valence-electron chi connectivity index (χ4n) is 2.97. The molecule has 1 N–H and O–H groups in total. The van der Waals surface area contributed by atoms with Crippen LogP contribution in [0.1, 0.15) is 36.5 Å². The van der Waals surface area contributed by atoms with Crippen LogP contribution in [0.25, 0.3) is 0 Å². The Bertz CT molecular complexity index is 687. The maximum Gasteiger partial charge on any atom is 0.258 e. The number of nitrogens with zero attached hydrogens (tertiary/aromatic N) is 2. The van der Waals surface area contributed by atoms with Crippen LogP contribution in [0, 0.1) is 0 Å². The van der Waals surface area contributed by atoms with Crippen molar-refractivity contribution in [1.82, 2.24) is 4.98 Å². The number of benzene rings is 1. The van der Waals surface area contributed by atoms with Gasteiger partial charge in [0.1, 0.15) is 5.15 Å². The van der Waals surface area contributed by atoms with Gasteiger partial charge < -0.3 is 10.2 Å². The molecule has 1 amide bonds. The molecular formula is C18H20ClN3O. The summed E-state index contributed by atoms with van der Waals surface area (Å²) >= 11 is 5.95. The van der Waals surface area contributed by atoms with Crippen molar-refractivity contribution in [2.75, 3.05) is 16.8 Å². The molecule has 1 saturated heterocycles. The predicted molar refractivity (Wildman–Crippen MR) is 94.3 cm³/mol. The molecule has 2 heterocycles. The fraction of sp³-hybridized carbons (Fsp3) is 0.333. The second kappa shape index (κ2) is 7.01. The van der Waals surface area contributed by atoms with Crippen LogP contribution in [0.4, 0.5) is 11.4 Å². The van der Waals surface area contributed by atoms with E-state index < -0.39 is 0 Å². The molecule has 0 saturated carbocycles. The standard InChI is InChI=1S/C18H20ClN3O/c1-13-5-2-3-12-22(13)15-9-7-14(8-10-15)21-18(23)16-6-4-11-20-17(16)19/h4,6-11,13H,2-3,5,12H2,1H3,(H,21,23)/t13-/m1/s1. The number of halogens is 1. The Morgan fingerprint density at radius 2 is 2.04 bits per heavy atom. The van der Waals surface area contributed by atoms with Crippen molar-refractivity contribution in [1.29, 1.82) is 0 Å². The van der Waals surface area contributed by atoms with E-state index in [0.717, 1.165) is 12.2 Å². The van der Waals surface area contributed by atoms with E-state index in [1.54, 1.807) is 18.3 Å². The number of anilines is 2. The van der Waals surface area contributed by atoms with Gasteiger partial charge in [-0.3, -0.25) is 4.79 Å². The van der Waals surface area contributed by atoms with E-state index in [2.05, 4.69) is 34.3 Å². The molecule has 0 spiro atoms. The lowest BCUT2D eigenvalue weighted by atomic mass is 10.0. The van der Waals surface area contributed by atoms with Crippen LogP contribution in [0.5, 0.6) is 0 Å². The second-order valence-corrected chi connectivity index (χ2v) is 6.24. The van der Waals surface area contributed by atoms with Crippen molar-refractivity contribution in [3.05, 3.63) is 53.3 Å². The van der Waals surface area contributed by atoms with Crippen LogP contribution < -0.4 is 10.2 Å². The Balaban J connectivity index is 1.70. The zero-order valence-electron chi connectivity index (χ0n) is 13.1. The molecule has 1 aliphatic rings. The third-order valence-electron chi connectivity index (χ3n) is 4.26. The maximum absolute atomic E-state index is 12.2. The Morgan fingerprint density at radius 1 is 1.26 bits per heavy atom. The summed E-state index contributed by atoms with van der Waals surface area (Å²) in [5, 5.41) is 3.07. The molecule has 4 nitrogen and oxygen atoms in total. The molecule has 0 unspecified atom stereocenters. The van der Waals surface area contributed by atoms with Gasteiger partial charge in [0, 0.05) is 30.2 Å². The lowest BCUT2D eigenvalue weighted by Crippen LogP contribution is -2.37. The highest BCUT2D eigenvalue weighted by atomic mass is 35.5. The van der Waals surface area contributed by atoms with Gasteiger partial charge in [-0.25, -0.2) is 4.98 Å². The number of hydrogen-bond acceptors (Lipinski definition) is 3. The van der Waals surface area contributed by atoms with Gasteiger partial charge >= 0.3 is 0 Å². The van der Waals surface area contributed by atoms with Crippen LogP contribution >= 0.6 is 11.6 Å². The summed E-state index contributed by atoms with van der Waals surface area (Å²) in [6.45, 7) is 3.36. The summed E-state index contributed by atoms with van der Waals surface area (Å²) in [6.07, 6.45) is 5.34. The summed E-state index contributed by atoms with van der Waals surface area (Å²) in [6, 6.07) is 11.9. The van der Waals surface area contributed by atoms with Gasteiger partial charge in [-0.05, 0) is 62.6 Å². The molecular weight excluding hydrogens is 310 g/mol. The van der Waals surface area contributed by atoms with Crippen molar-refractivity contribution >= 4 is 28.9 Å². The first-order chi connectivity index (χ1) is 11.1. The Hall–Kier alpha value is -2.07. The largest absolute Gasteiger partial charge is 0.369 e. The minimum Gasteiger partial charge on any atom is -0.369 e. The van der Waals surface area contributed by atoms with Crippen LogP contribution in [-0.4, -0.2) is 23.5 Å². The van der Waals surface area contributed by atoms with Gasteiger partial charge in [-0.1, -0.05) is 11.6 Å². The molecule has 120 valence electrons. The first kappa shape index (κ1) is 15.8. The number of rotatable bonds is 3. The molecule has 1 atom stereocenters. The first-order valence-corrected chi connectivity index (χ1v) is 8.31. The molecule has 0 radical (unpaired) electrons. The number of piperidine rings is 1. The van der Waals surface area contributed by atoms with Crippen molar-refractivity contribution < 1.29 is 4.79 Å².